The van der Waals surface area contributed by atoms with Crippen LogP contribution in [0.25, 0.3) is 0 Å². The summed E-state index contributed by atoms with van der Waals surface area (Å²) in [4.78, 5) is 10.6. The van der Waals surface area contributed by atoms with Crippen molar-refractivity contribution in [3.05, 3.63) is 36.0 Å². The molecule has 0 aromatic rings. The zero-order chi connectivity index (χ0) is 12.1. The molecule has 1 heteroatoms. The Morgan fingerprint density at radius 2 is 1.87 bits per heavy atom. The first-order chi connectivity index (χ1) is 7.29. The van der Waals surface area contributed by atoms with E-state index in [2.05, 4.69) is 6.08 Å². The molecule has 0 saturated heterocycles. The Morgan fingerprint density at radius 1 is 1.27 bits per heavy atom. The van der Waals surface area contributed by atoms with E-state index in [1.54, 1.807) is 13.0 Å². The lowest BCUT2D eigenvalue weighted by Gasteiger charge is -2.01. The maximum Gasteiger partial charge on any atom is 0.152 e. The standard InChI is InChI=1S/C10H12O.2C2H6/c1-9(11)7-8-10-5-3-2-4-6-10;2*1-2/h2-3,5,7-8H,4,6H2,1H3;2*1-2H3/b8-7+;;. The van der Waals surface area contributed by atoms with Crippen molar-refractivity contribution in [2.24, 2.45) is 0 Å². The normalized spacial score (nSPS) is 13.3. The predicted molar refractivity (Wildman–Crippen MR) is 69.0 cm³/mol. The highest BCUT2D eigenvalue weighted by Crippen LogP contribution is 2.12. The topological polar surface area (TPSA) is 17.1 Å². The molecule has 15 heavy (non-hydrogen) atoms. The molecule has 1 aliphatic rings. The Kier molecular flexibility index (Phi) is 14.0. The monoisotopic (exact) mass is 208 g/mol. The first kappa shape index (κ1) is 16.3. The molecular weight excluding hydrogens is 184 g/mol. The summed E-state index contributed by atoms with van der Waals surface area (Å²) in [6.07, 6.45) is 11.9. The summed E-state index contributed by atoms with van der Waals surface area (Å²) in [5.74, 6) is 0.112. The minimum atomic E-state index is 0.112. The van der Waals surface area contributed by atoms with Crippen molar-refractivity contribution in [2.75, 3.05) is 0 Å². The van der Waals surface area contributed by atoms with E-state index in [4.69, 9.17) is 0 Å². The average molecular weight is 208 g/mol. The van der Waals surface area contributed by atoms with Gasteiger partial charge in [-0.2, -0.15) is 0 Å². The van der Waals surface area contributed by atoms with Crippen molar-refractivity contribution in [1.82, 2.24) is 0 Å². The highest BCUT2D eigenvalue weighted by molar-refractivity contribution is 5.87. The quantitative estimate of drug-likeness (QED) is 0.612. The van der Waals surface area contributed by atoms with Crippen molar-refractivity contribution in [3.8, 4) is 0 Å². The van der Waals surface area contributed by atoms with Gasteiger partial charge in [-0.15, -0.1) is 0 Å². The lowest BCUT2D eigenvalue weighted by atomic mass is 10.0. The third-order valence-electron chi connectivity index (χ3n) is 1.58. The highest BCUT2D eigenvalue weighted by atomic mass is 16.1. The van der Waals surface area contributed by atoms with Crippen LogP contribution in [0.2, 0.25) is 0 Å². The van der Waals surface area contributed by atoms with Crippen LogP contribution in [0.1, 0.15) is 47.5 Å². The fourth-order valence-corrected chi connectivity index (χ4v) is 0.984. The summed E-state index contributed by atoms with van der Waals surface area (Å²) in [5.41, 5.74) is 1.24. The summed E-state index contributed by atoms with van der Waals surface area (Å²) in [6.45, 7) is 9.57. The SMILES string of the molecule is CC.CC.CC(=O)/C=C/C1=CC=CCC1. The summed E-state index contributed by atoms with van der Waals surface area (Å²) < 4.78 is 0. The van der Waals surface area contributed by atoms with Crippen LogP contribution >= 0.6 is 0 Å². The second-order valence-electron chi connectivity index (χ2n) is 2.65. The number of hydrogen-bond acceptors (Lipinski definition) is 1. The third-order valence-corrected chi connectivity index (χ3v) is 1.58. The lowest BCUT2D eigenvalue weighted by Crippen LogP contribution is -1.85. The smallest absolute Gasteiger partial charge is 0.152 e. The van der Waals surface area contributed by atoms with Gasteiger partial charge < -0.3 is 0 Å². The molecule has 0 saturated carbocycles. The Morgan fingerprint density at radius 3 is 2.27 bits per heavy atom. The molecule has 0 heterocycles. The summed E-state index contributed by atoms with van der Waals surface area (Å²) in [7, 11) is 0. The molecule has 1 aliphatic carbocycles. The molecule has 0 N–H and O–H groups in total. The zero-order valence-corrected chi connectivity index (χ0v) is 10.7. The van der Waals surface area contributed by atoms with Gasteiger partial charge in [-0.25, -0.2) is 0 Å². The molecule has 86 valence electrons. The van der Waals surface area contributed by atoms with E-state index in [-0.39, 0.29) is 5.78 Å². The summed E-state index contributed by atoms with van der Waals surface area (Å²) in [6, 6.07) is 0. The van der Waals surface area contributed by atoms with Crippen molar-refractivity contribution in [2.45, 2.75) is 47.5 Å². The zero-order valence-electron chi connectivity index (χ0n) is 10.7. The van der Waals surface area contributed by atoms with Crippen LogP contribution in [0.5, 0.6) is 0 Å². The van der Waals surface area contributed by atoms with Crippen LogP contribution in [0.4, 0.5) is 0 Å². The van der Waals surface area contributed by atoms with Crippen LogP contribution < -0.4 is 0 Å². The minimum absolute atomic E-state index is 0.112. The lowest BCUT2D eigenvalue weighted by molar-refractivity contribution is -0.112. The van der Waals surface area contributed by atoms with Gasteiger partial charge in [0.05, 0.1) is 0 Å². The number of hydrogen-bond donors (Lipinski definition) is 0. The van der Waals surface area contributed by atoms with Gasteiger partial charge in [-0.05, 0) is 31.4 Å². The Hall–Kier alpha value is -1.11. The molecule has 0 atom stereocenters. The number of carbonyl (C=O) groups excluding carboxylic acids is 1. The van der Waals surface area contributed by atoms with Gasteiger partial charge in [0.15, 0.2) is 5.78 Å². The molecule has 1 rings (SSSR count). The van der Waals surface area contributed by atoms with Crippen LogP contribution in [-0.2, 0) is 4.79 Å². The van der Waals surface area contributed by atoms with Gasteiger partial charge in [0, 0.05) is 0 Å². The maximum atomic E-state index is 10.6. The minimum Gasteiger partial charge on any atom is -0.295 e. The van der Waals surface area contributed by atoms with Gasteiger partial charge >= 0.3 is 0 Å². The molecule has 0 unspecified atom stereocenters. The number of allylic oxidation sites excluding steroid dienone is 6. The van der Waals surface area contributed by atoms with Crippen molar-refractivity contribution in [3.63, 3.8) is 0 Å². The Balaban J connectivity index is 0. The van der Waals surface area contributed by atoms with Gasteiger partial charge in [0.1, 0.15) is 0 Å². The first-order valence-electron chi connectivity index (χ1n) is 5.83. The second kappa shape index (κ2) is 12.9. The molecular formula is C14H24O. The average Bonchev–Trinajstić information content (AvgIpc) is 2.33. The maximum absolute atomic E-state index is 10.6. The Labute approximate surface area is 94.6 Å². The largest absolute Gasteiger partial charge is 0.295 e. The van der Waals surface area contributed by atoms with Crippen molar-refractivity contribution < 1.29 is 4.79 Å². The van der Waals surface area contributed by atoms with Crippen LogP contribution in [0.15, 0.2) is 36.0 Å². The van der Waals surface area contributed by atoms with Crippen LogP contribution in [0, 0.1) is 0 Å². The molecule has 1 nitrogen and oxygen atoms in total. The summed E-state index contributed by atoms with van der Waals surface area (Å²) in [5, 5.41) is 0. The van der Waals surface area contributed by atoms with E-state index in [9.17, 15) is 4.79 Å². The molecule has 0 aromatic carbocycles. The Bertz CT molecular complexity index is 232. The van der Waals surface area contributed by atoms with Crippen LogP contribution in [0.3, 0.4) is 0 Å². The van der Waals surface area contributed by atoms with E-state index in [0.717, 1.165) is 12.8 Å². The molecule has 0 amide bonds. The van der Waals surface area contributed by atoms with Crippen LogP contribution in [-0.4, -0.2) is 5.78 Å². The van der Waals surface area contributed by atoms with Gasteiger partial charge in [-0.1, -0.05) is 52.0 Å². The van der Waals surface area contributed by atoms with E-state index in [0.29, 0.717) is 0 Å². The second-order valence-corrected chi connectivity index (χ2v) is 2.65. The number of carbonyl (C=O) groups is 1. The number of rotatable bonds is 2. The fraction of sp³-hybridized carbons (Fsp3) is 0.500. The van der Waals surface area contributed by atoms with Gasteiger partial charge in [0.2, 0.25) is 0 Å². The van der Waals surface area contributed by atoms with Gasteiger partial charge in [-0.3, -0.25) is 4.79 Å². The predicted octanol–water partition coefficient (Wildman–Crippen LogP) is 4.46. The summed E-state index contributed by atoms with van der Waals surface area (Å²) >= 11 is 0. The molecule has 0 aromatic heterocycles. The van der Waals surface area contributed by atoms with E-state index < -0.39 is 0 Å². The van der Waals surface area contributed by atoms with Crippen molar-refractivity contribution >= 4 is 5.78 Å². The third kappa shape index (κ3) is 10.8. The van der Waals surface area contributed by atoms with E-state index >= 15 is 0 Å². The molecule has 0 aliphatic heterocycles. The van der Waals surface area contributed by atoms with E-state index in [1.165, 1.54) is 5.57 Å². The molecule has 0 fully saturated rings. The first-order valence-corrected chi connectivity index (χ1v) is 5.83. The van der Waals surface area contributed by atoms with Gasteiger partial charge in [0.25, 0.3) is 0 Å². The molecule has 0 spiro atoms. The molecule has 0 radical (unpaired) electrons. The van der Waals surface area contributed by atoms with Crippen molar-refractivity contribution in [1.29, 1.82) is 0 Å². The highest BCUT2D eigenvalue weighted by Gasteiger charge is 1.94. The fourth-order valence-electron chi connectivity index (χ4n) is 0.984. The molecule has 0 bridgehead atoms. The van der Waals surface area contributed by atoms with E-state index in [1.807, 2.05) is 45.9 Å². The number of ketones is 1.